The number of carbonyl (C=O) groups is 4. The third kappa shape index (κ3) is 7.40. The highest BCUT2D eigenvalue weighted by atomic mass is 16.7. The van der Waals surface area contributed by atoms with Crippen LogP contribution in [0.4, 0.5) is 0 Å². The predicted octanol–water partition coefficient (Wildman–Crippen LogP) is -0.545. The average molecular weight is 570 g/mol. The Morgan fingerprint density at radius 3 is 2.80 bits per heavy atom. The summed E-state index contributed by atoms with van der Waals surface area (Å²) >= 11 is 0. The van der Waals surface area contributed by atoms with Crippen LogP contribution in [0.15, 0.2) is 36.3 Å². The number of benzene rings is 1. The number of para-hydroxylation sites is 1. The highest BCUT2D eigenvalue weighted by Crippen LogP contribution is 2.30. The van der Waals surface area contributed by atoms with Gasteiger partial charge in [-0.25, -0.2) is 14.3 Å². The van der Waals surface area contributed by atoms with E-state index in [4.69, 9.17) is 18.9 Å². The number of fused-ring (bicyclic) bond motifs is 1. The second-order valence-corrected chi connectivity index (χ2v) is 9.73. The van der Waals surface area contributed by atoms with Gasteiger partial charge in [0.25, 0.3) is 5.91 Å². The van der Waals surface area contributed by atoms with Gasteiger partial charge in [-0.3, -0.25) is 9.59 Å². The molecule has 218 valence electrons. The minimum absolute atomic E-state index is 0.0176. The molecule has 15 nitrogen and oxygen atoms in total. The van der Waals surface area contributed by atoms with E-state index in [2.05, 4.69) is 26.3 Å². The Hall–Kier alpha value is -4.44. The molecule has 2 aliphatic rings. The molecule has 0 saturated heterocycles. The van der Waals surface area contributed by atoms with Gasteiger partial charge in [-0.2, -0.15) is 0 Å². The molecule has 0 aliphatic carbocycles. The fourth-order valence-electron chi connectivity index (χ4n) is 4.18. The van der Waals surface area contributed by atoms with Gasteiger partial charge in [0.05, 0.1) is 12.1 Å². The van der Waals surface area contributed by atoms with E-state index >= 15 is 0 Å². The SMILES string of the molecule is CCOC(C)(C)C(=O)OCOC(=O)c1cccc2c1OB(O)[C@@H](NC(=O)Cn1cc(C(=O)NC3=CNCC3)nn1)C2. The summed E-state index contributed by atoms with van der Waals surface area (Å²) < 4.78 is 22.1. The van der Waals surface area contributed by atoms with Gasteiger partial charge >= 0.3 is 19.1 Å². The number of nitrogens with one attached hydrogen (secondary N) is 3. The molecule has 4 N–H and O–H groups in total. The standard InChI is InChI=1S/C25H31BN6O9/c1-4-40-25(2,3)24(36)39-14-38-23(35)17-7-5-6-15-10-19(26(37)41-21(15)17)29-20(33)13-32-12-18(30-31-32)22(34)28-16-8-9-27-11-16/h5-7,11-12,19,27,37H,4,8-10,13-14H2,1-3H3,(H,28,34)(H,29,33)/t19-/m0/s1. The maximum Gasteiger partial charge on any atom is 0.547 e. The van der Waals surface area contributed by atoms with Crippen LogP contribution in [0, 0.1) is 0 Å². The van der Waals surface area contributed by atoms with E-state index in [1.54, 1.807) is 25.3 Å². The molecule has 3 heterocycles. The predicted molar refractivity (Wildman–Crippen MR) is 141 cm³/mol. The zero-order valence-electron chi connectivity index (χ0n) is 22.8. The van der Waals surface area contributed by atoms with Crippen LogP contribution in [0.2, 0.25) is 0 Å². The number of carbonyl (C=O) groups excluding carboxylic acids is 4. The van der Waals surface area contributed by atoms with Gasteiger partial charge < -0.3 is 39.8 Å². The largest absolute Gasteiger partial charge is 0.547 e. The van der Waals surface area contributed by atoms with E-state index in [9.17, 15) is 24.2 Å². The van der Waals surface area contributed by atoms with Gasteiger partial charge in [-0.15, -0.1) is 5.10 Å². The van der Waals surface area contributed by atoms with E-state index in [0.717, 1.165) is 12.2 Å². The van der Waals surface area contributed by atoms with Crippen molar-refractivity contribution in [2.45, 2.75) is 51.7 Å². The van der Waals surface area contributed by atoms with Crippen molar-refractivity contribution in [1.29, 1.82) is 0 Å². The molecule has 4 rings (SSSR count). The summed E-state index contributed by atoms with van der Waals surface area (Å²) in [7, 11) is -1.48. The second-order valence-electron chi connectivity index (χ2n) is 9.73. The van der Waals surface area contributed by atoms with Gasteiger partial charge in [0, 0.05) is 31.5 Å². The third-order valence-electron chi connectivity index (χ3n) is 6.23. The molecule has 0 fully saturated rings. The molecule has 1 aromatic heterocycles. The molecule has 2 aliphatic heterocycles. The first-order valence-electron chi connectivity index (χ1n) is 13.0. The lowest BCUT2D eigenvalue weighted by atomic mass is 9.72. The molecule has 41 heavy (non-hydrogen) atoms. The van der Waals surface area contributed by atoms with Crippen molar-refractivity contribution >= 4 is 30.9 Å². The number of hydrogen-bond acceptors (Lipinski definition) is 12. The Kier molecular flexibility index (Phi) is 9.24. The lowest BCUT2D eigenvalue weighted by molar-refractivity contribution is -0.175. The second kappa shape index (κ2) is 12.8. The van der Waals surface area contributed by atoms with Gasteiger partial charge in [-0.1, -0.05) is 17.3 Å². The molecule has 1 aromatic carbocycles. The maximum absolute atomic E-state index is 12.7. The van der Waals surface area contributed by atoms with E-state index in [1.165, 1.54) is 30.8 Å². The summed E-state index contributed by atoms with van der Waals surface area (Å²) in [6.45, 7) is 4.95. The quantitative estimate of drug-likeness (QED) is 0.153. The van der Waals surface area contributed by atoms with Gasteiger partial charge in [0.1, 0.15) is 17.9 Å². The van der Waals surface area contributed by atoms with Gasteiger partial charge in [0.2, 0.25) is 12.7 Å². The molecule has 0 bridgehead atoms. The minimum Gasteiger partial charge on any atom is -0.534 e. The number of nitrogens with zero attached hydrogens (tertiary/aromatic N) is 3. The third-order valence-corrected chi connectivity index (χ3v) is 6.23. The number of aromatic nitrogens is 3. The molecule has 0 spiro atoms. The molecule has 0 radical (unpaired) electrons. The zero-order chi connectivity index (χ0) is 29.6. The summed E-state index contributed by atoms with van der Waals surface area (Å²) in [6, 6.07) is 4.72. The Bertz CT molecular complexity index is 1340. The lowest BCUT2D eigenvalue weighted by Gasteiger charge is -2.29. The van der Waals surface area contributed by atoms with Crippen molar-refractivity contribution in [2.75, 3.05) is 19.9 Å². The molecular weight excluding hydrogens is 539 g/mol. The van der Waals surface area contributed by atoms with Crippen LogP contribution < -0.4 is 20.6 Å². The monoisotopic (exact) mass is 570 g/mol. The highest BCUT2D eigenvalue weighted by molar-refractivity contribution is 6.47. The first-order valence-corrected chi connectivity index (χ1v) is 13.0. The number of esters is 2. The van der Waals surface area contributed by atoms with Crippen molar-refractivity contribution in [3.05, 3.63) is 53.1 Å². The Balaban J connectivity index is 1.31. The van der Waals surface area contributed by atoms with Crippen molar-refractivity contribution in [3.63, 3.8) is 0 Å². The fraction of sp³-hybridized carbons (Fsp3) is 0.440. The molecule has 2 aromatic rings. The summed E-state index contributed by atoms with van der Waals surface area (Å²) in [5.41, 5.74) is 0.141. The van der Waals surface area contributed by atoms with Gasteiger partial charge in [-0.05, 0) is 38.8 Å². The fourth-order valence-corrected chi connectivity index (χ4v) is 4.18. The smallest absolute Gasteiger partial charge is 0.534 e. The molecule has 0 saturated carbocycles. The van der Waals surface area contributed by atoms with Gasteiger partial charge in [0.15, 0.2) is 11.3 Å². The Labute approximate surface area is 235 Å². The van der Waals surface area contributed by atoms with Crippen LogP contribution >= 0.6 is 0 Å². The minimum atomic E-state index is -1.48. The summed E-state index contributed by atoms with van der Waals surface area (Å²) in [5.74, 6) is -3.22. The summed E-state index contributed by atoms with van der Waals surface area (Å²) in [4.78, 5) is 49.7. The van der Waals surface area contributed by atoms with Crippen LogP contribution in [0.25, 0.3) is 0 Å². The maximum atomic E-state index is 12.7. The molecule has 0 unspecified atom stereocenters. The van der Waals surface area contributed by atoms with E-state index in [0.29, 0.717) is 18.6 Å². The van der Waals surface area contributed by atoms with E-state index < -0.39 is 49.2 Å². The number of hydrogen-bond donors (Lipinski definition) is 4. The number of ether oxygens (including phenoxy) is 3. The topological polar surface area (TPSA) is 192 Å². The summed E-state index contributed by atoms with van der Waals surface area (Å²) in [5, 5.41) is 26.6. The average Bonchev–Trinajstić information content (AvgIpc) is 3.61. The van der Waals surface area contributed by atoms with Crippen LogP contribution in [0.1, 0.15) is 53.6 Å². The molecular formula is C25H31BN6O9. The van der Waals surface area contributed by atoms with Crippen LogP contribution in [-0.2, 0) is 36.8 Å². The van der Waals surface area contributed by atoms with Crippen molar-refractivity contribution in [2.24, 2.45) is 0 Å². The summed E-state index contributed by atoms with van der Waals surface area (Å²) in [6.07, 6.45) is 3.88. The first kappa shape index (κ1) is 29.5. The van der Waals surface area contributed by atoms with Crippen LogP contribution in [0.3, 0.4) is 0 Å². The lowest BCUT2D eigenvalue weighted by Crippen LogP contribution is -2.53. The Morgan fingerprint density at radius 1 is 1.27 bits per heavy atom. The zero-order valence-corrected chi connectivity index (χ0v) is 22.8. The highest BCUT2D eigenvalue weighted by Gasteiger charge is 2.38. The molecule has 16 heteroatoms. The number of amides is 2. The van der Waals surface area contributed by atoms with Crippen molar-refractivity contribution < 1.29 is 43.1 Å². The van der Waals surface area contributed by atoms with Crippen LogP contribution in [-0.4, -0.2) is 82.4 Å². The normalized spacial score (nSPS) is 16.0. The van der Waals surface area contributed by atoms with Crippen molar-refractivity contribution in [3.8, 4) is 5.75 Å². The van der Waals surface area contributed by atoms with Crippen LogP contribution in [0.5, 0.6) is 5.75 Å². The first-order chi connectivity index (χ1) is 19.6. The Morgan fingerprint density at radius 2 is 2.07 bits per heavy atom. The van der Waals surface area contributed by atoms with E-state index in [1.807, 2.05) is 0 Å². The molecule has 2 amide bonds. The number of rotatable bonds is 11. The molecule has 1 atom stereocenters. The van der Waals surface area contributed by atoms with Crippen molar-refractivity contribution in [1.82, 2.24) is 30.9 Å². The van der Waals surface area contributed by atoms with E-state index in [-0.39, 0.29) is 30.0 Å².